The van der Waals surface area contributed by atoms with Gasteiger partial charge >= 0.3 is 0 Å². The number of benzene rings is 2. The summed E-state index contributed by atoms with van der Waals surface area (Å²) in [5.74, 6) is 1.04. The molecule has 0 radical (unpaired) electrons. The van der Waals surface area contributed by atoms with Gasteiger partial charge in [0, 0.05) is 30.2 Å². The van der Waals surface area contributed by atoms with Crippen molar-refractivity contribution in [1.82, 2.24) is 19.9 Å². The molecule has 0 saturated heterocycles. The number of anilines is 1. The predicted molar refractivity (Wildman–Crippen MR) is 143 cm³/mol. The number of thiazole rings is 1. The first-order valence-corrected chi connectivity index (χ1v) is 13.7. The minimum Gasteiger partial charge on any atom is -0.492 e. The van der Waals surface area contributed by atoms with Crippen LogP contribution < -0.4 is 15.4 Å². The van der Waals surface area contributed by atoms with Crippen LogP contribution in [0.2, 0.25) is 5.02 Å². The van der Waals surface area contributed by atoms with Crippen molar-refractivity contribution < 1.29 is 14.3 Å². The van der Waals surface area contributed by atoms with Crippen LogP contribution in [-0.4, -0.2) is 51.0 Å². The van der Waals surface area contributed by atoms with Crippen molar-refractivity contribution in [3.05, 3.63) is 59.9 Å². The van der Waals surface area contributed by atoms with Crippen LogP contribution in [0.1, 0.15) is 0 Å². The summed E-state index contributed by atoms with van der Waals surface area (Å²) in [6.07, 6.45) is 3.54. The number of aryl methyl sites for hydroxylation is 1. The van der Waals surface area contributed by atoms with Crippen molar-refractivity contribution in [2.24, 2.45) is 7.05 Å². The topological polar surface area (TPSA) is 98.1 Å². The van der Waals surface area contributed by atoms with E-state index in [-0.39, 0.29) is 23.3 Å². The molecule has 0 unspecified atom stereocenters. The highest BCUT2D eigenvalue weighted by Gasteiger charge is 2.11. The van der Waals surface area contributed by atoms with Crippen molar-refractivity contribution >= 4 is 74.2 Å². The number of rotatable bonds is 11. The minimum absolute atomic E-state index is 0.0906. The van der Waals surface area contributed by atoms with Crippen molar-refractivity contribution in [3.8, 4) is 5.75 Å². The number of fused-ring (bicyclic) bond motifs is 1. The Labute approximate surface area is 219 Å². The van der Waals surface area contributed by atoms with E-state index in [4.69, 9.17) is 16.3 Å². The standard InChI is InChI=1S/C23H22ClN5O3S3/c1-29-10-8-26-22(29)33-14-21(31)27-16-4-7-18-19(12-16)35-23(28-18)34-13-20(30)25-9-11-32-17-5-2-15(24)3-6-17/h2-8,10,12H,9,11,13-14H2,1H3,(H,25,30)(H,27,31). The number of hydrogen-bond acceptors (Lipinski definition) is 8. The van der Waals surface area contributed by atoms with E-state index >= 15 is 0 Å². The minimum atomic E-state index is -0.104. The number of thioether (sulfide) groups is 2. The molecule has 12 heteroatoms. The van der Waals surface area contributed by atoms with Crippen LogP contribution in [0.5, 0.6) is 5.75 Å². The van der Waals surface area contributed by atoms with Crippen LogP contribution in [0.3, 0.4) is 0 Å². The Morgan fingerprint density at radius 3 is 2.69 bits per heavy atom. The summed E-state index contributed by atoms with van der Waals surface area (Å²) in [6.45, 7) is 0.775. The lowest BCUT2D eigenvalue weighted by atomic mass is 10.3. The Morgan fingerprint density at radius 1 is 1.11 bits per heavy atom. The summed E-state index contributed by atoms with van der Waals surface area (Å²) >= 11 is 10.1. The van der Waals surface area contributed by atoms with E-state index in [9.17, 15) is 9.59 Å². The molecule has 2 amide bonds. The van der Waals surface area contributed by atoms with Crippen molar-refractivity contribution in [2.75, 3.05) is 30.0 Å². The lowest BCUT2D eigenvalue weighted by molar-refractivity contribution is -0.118. The third kappa shape index (κ3) is 7.63. The Hall–Kier alpha value is -2.73. The number of halogens is 1. The fourth-order valence-corrected chi connectivity index (χ4v) is 5.73. The van der Waals surface area contributed by atoms with Gasteiger partial charge in [-0.15, -0.1) is 11.3 Å². The monoisotopic (exact) mass is 547 g/mol. The van der Waals surface area contributed by atoms with Gasteiger partial charge in [0.2, 0.25) is 11.8 Å². The molecular formula is C23H22ClN5O3S3. The zero-order valence-electron chi connectivity index (χ0n) is 18.7. The Morgan fingerprint density at radius 2 is 1.91 bits per heavy atom. The molecule has 35 heavy (non-hydrogen) atoms. The number of nitrogens with one attached hydrogen (secondary N) is 2. The summed E-state index contributed by atoms with van der Waals surface area (Å²) in [4.78, 5) is 33.2. The zero-order chi connectivity index (χ0) is 24.6. The molecule has 0 spiro atoms. The maximum atomic E-state index is 12.3. The van der Waals surface area contributed by atoms with E-state index in [1.54, 1.807) is 30.5 Å². The molecule has 4 aromatic rings. The van der Waals surface area contributed by atoms with Crippen LogP contribution in [0.25, 0.3) is 10.2 Å². The highest BCUT2D eigenvalue weighted by Crippen LogP contribution is 2.31. The van der Waals surface area contributed by atoms with E-state index in [2.05, 4.69) is 20.6 Å². The van der Waals surface area contributed by atoms with Gasteiger partial charge < -0.3 is 19.9 Å². The molecular weight excluding hydrogens is 526 g/mol. The van der Waals surface area contributed by atoms with Crippen molar-refractivity contribution in [2.45, 2.75) is 9.50 Å². The van der Waals surface area contributed by atoms with Gasteiger partial charge in [0.05, 0.1) is 28.3 Å². The molecule has 4 rings (SSSR count). The lowest BCUT2D eigenvalue weighted by Crippen LogP contribution is -2.29. The van der Waals surface area contributed by atoms with Gasteiger partial charge in [-0.1, -0.05) is 35.1 Å². The van der Waals surface area contributed by atoms with E-state index in [1.165, 1.54) is 34.9 Å². The van der Waals surface area contributed by atoms with Gasteiger partial charge in [-0.25, -0.2) is 9.97 Å². The second-order valence-electron chi connectivity index (χ2n) is 7.26. The average Bonchev–Trinajstić information content (AvgIpc) is 3.45. The molecule has 0 aliphatic carbocycles. The molecule has 0 aliphatic heterocycles. The van der Waals surface area contributed by atoms with Crippen molar-refractivity contribution in [1.29, 1.82) is 0 Å². The van der Waals surface area contributed by atoms with E-state index in [1.807, 2.05) is 36.0 Å². The third-order valence-corrected chi connectivity index (χ3v) is 8.07. The van der Waals surface area contributed by atoms with Gasteiger partial charge in [-0.3, -0.25) is 9.59 Å². The number of imidazole rings is 1. The molecule has 0 fully saturated rings. The highest BCUT2D eigenvalue weighted by atomic mass is 35.5. The average molecular weight is 548 g/mol. The normalized spacial score (nSPS) is 10.9. The molecule has 8 nitrogen and oxygen atoms in total. The second kappa shape index (κ2) is 12.3. The van der Waals surface area contributed by atoms with Crippen LogP contribution in [0, 0.1) is 0 Å². The molecule has 0 atom stereocenters. The summed E-state index contributed by atoms with van der Waals surface area (Å²) in [5.41, 5.74) is 1.54. The van der Waals surface area contributed by atoms with E-state index in [0.717, 1.165) is 19.7 Å². The fraction of sp³-hybridized carbons (Fsp3) is 0.217. The first-order valence-electron chi connectivity index (χ1n) is 10.5. The summed E-state index contributed by atoms with van der Waals surface area (Å²) < 4.78 is 9.17. The first-order chi connectivity index (χ1) is 17.0. The maximum absolute atomic E-state index is 12.3. The SMILES string of the molecule is Cn1ccnc1SCC(=O)Nc1ccc2nc(SCC(=O)NCCOc3ccc(Cl)cc3)sc2c1. The van der Waals surface area contributed by atoms with Gasteiger partial charge in [0.15, 0.2) is 9.50 Å². The molecule has 2 N–H and O–H groups in total. The van der Waals surface area contributed by atoms with Crippen LogP contribution in [0.15, 0.2) is 64.4 Å². The number of aromatic nitrogens is 3. The van der Waals surface area contributed by atoms with Crippen LogP contribution in [-0.2, 0) is 16.6 Å². The third-order valence-electron chi connectivity index (χ3n) is 4.60. The van der Waals surface area contributed by atoms with Gasteiger partial charge in [0.1, 0.15) is 12.4 Å². The van der Waals surface area contributed by atoms with Crippen LogP contribution >= 0.6 is 46.5 Å². The van der Waals surface area contributed by atoms with Gasteiger partial charge in [-0.2, -0.15) is 0 Å². The van der Waals surface area contributed by atoms with Gasteiger partial charge in [-0.05, 0) is 42.5 Å². The second-order valence-corrected chi connectivity index (χ2v) is 10.9. The number of ether oxygens (including phenoxy) is 1. The number of hydrogen-bond donors (Lipinski definition) is 2. The summed E-state index contributed by atoms with van der Waals surface area (Å²) in [5, 5.41) is 7.18. The number of carbonyl (C=O) groups excluding carboxylic acids is 2. The summed E-state index contributed by atoms with van der Waals surface area (Å²) in [6, 6.07) is 12.7. The predicted octanol–water partition coefficient (Wildman–Crippen LogP) is 4.70. The van der Waals surface area contributed by atoms with Crippen molar-refractivity contribution in [3.63, 3.8) is 0 Å². The first kappa shape index (κ1) is 25.4. The quantitative estimate of drug-likeness (QED) is 0.207. The Kier molecular flexibility index (Phi) is 8.91. The smallest absolute Gasteiger partial charge is 0.234 e. The van der Waals surface area contributed by atoms with E-state index in [0.29, 0.717) is 29.6 Å². The molecule has 2 aromatic heterocycles. The fourth-order valence-electron chi connectivity index (χ4n) is 2.93. The molecule has 0 aliphatic rings. The Balaban J connectivity index is 1.20. The number of nitrogens with zero attached hydrogens (tertiary/aromatic N) is 3. The molecule has 0 saturated carbocycles. The molecule has 0 bridgehead atoms. The molecule has 2 aromatic carbocycles. The zero-order valence-corrected chi connectivity index (χ0v) is 21.9. The number of amides is 2. The van der Waals surface area contributed by atoms with Gasteiger partial charge in [0.25, 0.3) is 0 Å². The largest absolute Gasteiger partial charge is 0.492 e. The molecule has 2 heterocycles. The Bertz CT molecular complexity index is 1310. The molecule has 182 valence electrons. The lowest BCUT2D eigenvalue weighted by Gasteiger charge is -2.07. The maximum Gasteiger partial charge on any atom is 0.234 e. The number of carbonyl (C=O) groups is 2. The van der Waals surface area contributed by atoms with E-state index < -0.39 is 0 Å². The summed E-state index contributed by atoms with van der Waals surface area (Å²) in [7, 11) is 1.89. The van der Waals surface area contributed by atoms with Crippen LogP contribution in [0.4, 0.5) is 5.69 Å². The highest BCUT2D eigenvalue weighted by molar-refractivity contribution is 8.01.